The van der Waals surface area contributed by atoms with Crippen molar-refractivity contribution in [2.75, 3.05) is 18.6 Å². The van der Waals surface area contributed by atoms with Gasteiger partial charge in [-0.1, -0.05) is 62.4 Å². The number of aliphatic carboxylic acids is 3. The highest BCUT2D eigenvalue weighted by Crippen LogP contribution is 2.20. The SMILES string of the molecule is CSCC[C@H](NC(=O)[C@H](Cc1c[nH]c2ccccc12)NC(=O)[C@H](CC(=O)O)NC(=O)[C@H](CC(C)C)NC(=O)[C@H](Cc1ccccc1)NC(=O)[C@H](Cc1cnc[nH]1)NC(=O)[C@@H](N)CC(=O)O)C(=O)N[C@@H](CCCCN)C(=O)O. The zero-order chi connectivity index (χ0) is 56.6. The Morgan fingerprint density at radius 3 is 1.73 bits per heavy atom. The summed E-state index contributed by atoms with van der Waals surface area (Å²) in [5.41, 5.74) is 13.6. The number of carboxylic acids is 3. The summed E-state index contributed by atoms with van der Waals surface area (Å²) >= 11 is 1.36. The fourth-order valence-electron chi connectivity index (χ4n) is 8.15. The number of aromatic nitrogens is 3. The number of amides is 7. The third kappa shape index (κ3) is 20.7. The quantitative estimate of drug-likeness (QED) is 0.0265. The Kier molecular flexibility index (Phi) is 25.1. The van der Waals surface area contributed by atoms with Gasteiger partial charge in [-0.25, -0.2) is 9.78 Å². The molecule has 2 aromatic carbocycles. The van der Waals surface area contributed by atoms with Crippen molar-refractivity contribution in [2.45, 2.75) is 126 Å². The molecule has 0 saturated heterocycles. The van der Waals surface area contributed by atoms with Gasteiger partial charge in [-0.15, -0.1) is 0 Å². The number of nitrogens with two attached hydrogens (primary N) is 2. The van der Waals surface area contributed by atoms with Gasteiger partial charge in [0.25, 0.3) is 0 Å². The number of H-pyrrole nitrogens is 2. The molecule has 2 heterocycles. The molecule has 8 atom stereocenters. The fraction of sp³-hybridized carbons (Fsp3) is 0.471. The molecule has 0 radical (unpaired) electrons. The molecule has 2 aromatic heterocycles. The first kappa shape index (κ1) is 61.7. The number of unbranched alkanes of at least 4 members (excludes halogenated alkanes) is 1. The summed E-state index contributed by atoms with van der Waals surface area (Å²) in [4.78, 5) is 144. The zero-order valence-electron chi connectivity index (χ0n) is 43.0. The third-order valence-electron chi connectivity index (χ3n) is 12.1. The average molecular weight is 1090 g/mol. The highest BCUT2D eigenvalue weighted by molar-refractivity contribution is 7.98. The molecule has 418 valence electrons. The van der Waals surface area contributed by atoms with E-state index in [1.54, 1.807) is 80.9 Å². The topological polar surface area (TPSA) is 412 Å². The van der Waals surface area contributed by atoms with E-state index < -0.39 is 120 Å². The minimum atomic E-state index is -1.86. The highest BCUT2D eigenvalue weighted by Gasteiger charge is 2.36. The summed E-state index contributed by atoms with van der Waals surface area (Å²) in [6, 6.07) is 3.80. The number of para-hydroxylation sites is 1. The maximum atomic E-state index is 14.4. The lowest BCUT2D eigenvalue weighted by Crippen LogP contribution is -2.61. The van der Waals surface area contributed by atoms with E-state index in [0.29, 0.717) is 52.9 Å². The summed E-state index contributed by atoms with van der Waals surface area (Å²) < 4.78 is 0. The van der Waals surface area contributed by atoms with Gasteiger partial charge in [0.1, 0.15) is 42.3 Å². The maximum Gasteiger partial charge on any atom is 0.326 e. The minimum absolute atomic E-state index is 0.0593. The second kappa shape index (κ2) is 31.3. The van der Waals surface area contributed by atoms with E-state index in [9.17, 15) is 63.3 Å². The van der Waals surface area contributed by atoms with Gasteiger partial charge in [0.15, 0.2) is 0 Å². The second-order valence-corrected chi connectivity index (χ2v) is 19.8. The summed E-state index contributed by atoms with van der Waals surface area (Å²) in [5.74, 6) is -10.6. The van der Waals surface area contributed by atoms with Crippen molar-refractivity contribution < 1.29 is 63.3 Å². The van der Waals surface area contributed by atoms with E-state index in [-0.39, 0.29) is 44.4 Å². The molecule has 25 nitrogen and oxygen atoms in total. The van der Waals surface area contributed by atoms with Crippen molar-refractivity contribution in [3.05, 3.63) is 90.1 Å². The van der Waals surface area contributed by atoms with Crippen LogP contribution in [0.15, 0.2) is 73.3 Å². The molecular formula is C51H70N12O13S. The molecule has 0 fully saturated rings. The summed E-state index contributed by atoms with van der Waals surface area (Å²) in [5, 5.41) is 47.7. The first-order valence-corrected chi connectivity index (χ1v) is 26.4. The third-order valence-corrected chi connectivity index (χ3v) is 12.8. The predicted molar refractivity (Wildman–Crippen MR) is 283 cm³/mol. The van der Waals surface area contributed by atoms with Gasteiger partial charge in [-0.2, -0.15) is 11.8 Å². The van der Waals surface area contributed by atoms with Gasteiger partial charge in [0.05, 0.1) is 25.2 Å². The van der Waals surface area contributed by atoms with Crippen LogP contribution >= 0.6 is 11.8 Å². The Hall–Kier alpha value is -7.84. The number of hydrogen-bond acceptors (Lipinski definition) is 14. The summed E-state index contributed by atoms with van der Waals surface area (Å²) in [7, 11) is 0. The normalized spacial score (nSPS) is 14.3. The first-order chi connectivity index (χ1) is 36.7. The standard InChI is InChI=1S/C51H70N12O13S/c1-28(2)19-37(60-47(71)38(20-29-11-5-4-6-12-29)61-49(73)40(22-31-26-54-27-56-31)59-44(68)33(53)23-42(64)65)46(70)63-41(24-43(66)67)50(74)62-39(21-30-25-55-34-14-8-7-13-32(30)34)48(72)57-35(16-18-77-3)45(69)58-36(51(75)76)15-9-10-17-52/h4-8,11-14,25-28,33,35-41,55H,9-10,15-24,52-53H2,1-3H3,(H,54,56)(H,57,72)(H,58,69)(H,59,68)(H,60,71)(H,61,73)(H,62,74)(H,63,70)(H,64,65)(H,66,67)(H,75,76)/t33-,35-,36-,37-,38-,39-,40-,41-/m0/s1. The smallest absolute Gasteiger partial charge is 0.326 e. The molecule has 26 heteroatoms. The van der Waals surface area contributed by atoms with Crippen LogP contribution in [0.2, 0.25) is 0 Å². The predicted octanol–water partition coefficient (Wildman–Crippen LogP) is -0.398. The number of benzene rings is 2. The lowest BCUT2D eigenvalue weighted by atomic mass is 10.00. The number of hydrogen-bond donors (Lipinski definition) is 14. The van der Waals surface area contributed by atoms with Crippen LogP contribution in [-0.2, 0) is 67.2 Å². The Morgan fingerprint density at radius 2 is 1.13 bits per heavy atom. The fourth-order valence-corrected chi connectivity index (χ4v) is 8.62. The minimum Gasteiger partial charge on any atom is -0.481 e. The zero-order valence-corrected chi connectivity index (χ0v) is 43.9. The molecule has 0 unspecified atom stereocenters. The highest BCUT2D eigenvalue weighted by atomic mass is 32.2. The monoisotopic (exact) mass is 1090 g/mol. The van der Waals surface area contributed by atoms with Crippen LogP contribution in [0.1, 0.15) is 75.6 Å². The number of imidazole rings is 1. The lowest BCUT2D eigenvalue weighted by molar-refractivity contribution is -0.142. The van der Waals surface area contributed by atoms with E-state index >= 15 is 0 Å². The van der Waals surface area contributed by atoms with Gasteiger partial charge in [0.2, 0.25) is 41.4 Å². The molecule has 4 rings (SSSR count). The first-order valence-electron chi connectivity index (χ1n) is 25.0. The molecular weight excluding hydrogens is 1020 g/mol. The largest absolute Gasteiger partial charge is 0.481 e. The molecule has 16 N–H and O–H groups in total. The Balaban J connectivity index is 1.63. The van der Waals surface area contributed by atoms with Crippen LogP contribution in [0.4, 0.5) is 0 Å². The van der Waals surface area contributed by atoms with Crippen molar-refractivity contribution in [3.63, 3.8) is 0 Å². The van der Waals surface area contributed by atoms with Crippen LogP contribution in [-0.4, -0.2) is 156 Å². The number of aromatic amines is 2. The number of carbonyl (C=O) groups is 10. The van der Waals surface area contributed by atoms with E-state index in [1.165, 1.54) is 24.3 Å². The number of nitrogens with zero attached hydrogens (tertiary/aromatic N) is 1. The van der Waals surface area contributed by atoms with Gasteiger partial charge < -0.3 is 74.0 Å². The molecule has 4 aromatic rings. The van der Waals surface area contributed by atoms with Crippen molar-refractivity contribution >= 4 is 81.9 Å². The van der Waals surface area contributed by atoms with E-state index in [0.717, 1.165) is 0 Å². The maximum absolute atomic E-state index is 14.4. The summed E-state index contributed by atoms with van der Waals surface area (Å²) in [6.07, 6.45) is 4.83. The van der Waals surface area contributed by atoms with Gasteiger partial charge in [0, 0.05) is 48.3 Å². The average Bonchev–Trinajstić information content (AvgIpc) is 4.06. The molecule has 0 aliphatic heterocycles. The molecule has 0 saturated carbocycles. The Labute approximate surface area is 448 Å². The van der Waals surface area contributed by atoms with Crippen molar-refractivity contribution in [1.82, 2.24) is 52.2 Å². The van der Waals surface area contributed by atoms with E-state index in [1.807, 2.05) is 0 Å². The number of thioether (sulfide) groups is 1. The van der Waals surface area contributed by atoms with E-state index in [2.05, 4.69) is 52.2 Å². The summed E-state index contributed by atoms with van der Waals surface area (Å²) in [6.45, 7) is 3.79. The van der Waals surface area contributed by atoms with Gasteiger partial charge in [-0.3, -0.25) is 43.2 Å². The van der Waals surface area contributed by atoms with Crippen molar-refractivity contribution in [2.24, 2.45) is 17.4 Å². The molecule has 0 aliphatic carbocycles. The number of rotatable bonds is 34. The molecule has 7 amide bonds. The molecule has 77 heavy (non-hydrogen) atoms. The van der Waals surface area contributed by atoms with Crippen LogP contribution < -0.4 is 48.7 Å². The Bertz CT molecular complexity index is 2630. The molecule has 0 aliphatic rings. The second-order valence-electron chi connectivity index (χ2n) is 18.8. The van der Waals surface area contributed by atoms with Crippen LogP contribution in [0, 0.1) is 5.92 Å². The van der Waals surface area contributed by atoms with Crippen LogP contribution in [0.5, 0.6) is 0 Å². The van der Waals surface area contributed by atoms with Crippen molar-refractivity contribution in [3.8, 4) is 0 Å². The molecule has 0 spiro atoms. The van der Waals surface area contributed by atoms with Crippen LogP contribution in [0.3, 0.4) is 0 Å². The number of nitrogens with one attached hydrogen (secondary N) is 9. The van der Waals surface area contributed by atoms with Gasteiger partial charge >= 0.3 is 17.9 Å². The number of carbonyl (C=O) groups excluding carboxylic acids is 7. The van der Waals surface area contributed by atoms with E-state index in [4.69, 9.17) is 11.5 Å². The number of fused-ring (bicyclic) bond motifs is 1. The van der Waals surface area contributed by atoms with Crippen molar-refractivity contribution in [1.29, 1.82) is 0 Å². The number of carboxylic acid groups (broad SMARTS) is 3. The Morgan fingerprint density at radius 1 is 0.597 bits per heavy atom. The van der Waals surface area contributed by atoms with Crippen LogP contribution in [0.25, 0.3) is 10.9 Å². The lowest BCUT2D eigenvalue weighted by Gasteiger charge is -2.28. The molecule has 0 bridgehead atoms. The van der Waals surface area contributed by atoms with Gasteiger partial charge in [-0.05, 0) is 73.8 Å².